The van der Waals surface area contributed by atoms with Crippen molar-refractivity contribution < 1.29 is 19.8 Å². The fourth-order valence-corrected chi connectivity index (χ4v) is 0.845. The molecule has 0 saturated carbocycles. The van der Waals surface area contributed by atoms with Gasteiger partial charge in [-0.05, 0) is 0 Å². The topological polar surface area (TPSA) is 128 Å². The molecule has 0 aromatic heterocycles. The van der Waals surface area contributed by atoms with Crippen LogP contribution in [0.5, 0.6) is 0 Å². The van der Waals surface area contributed by atoms with E-state index in [0.717, 1.165) is 0 Å². The first-order valence-corrected chi connectivity index (χ1v) is 5.87. The molecule has 6 nitrogen and oxygen atoms in total. The predicted octanol–water partition coefficient (Wildman–Crippen LogP) is -0.413. The van der Waals surface area contributed by atoms with Gasteiger partial charge in [0, 0.05) is 21.7 Å². The Labute approximate surface area is 137 Å². The summed E-state index contributed by atoms with van der Waals surface area (Å²) in [5.74, 6) is -1.81. The van der Waals surface area contributed by atoms with Gasteiger partial charge >= 0.3 is 31.7 Å². The average Bonchev–Trinajstić information content (AvgIpc) is 2.13. The van der Waals surface area contributed by atoms with Gasteiger partial charge in [-0.25, -0.2) is 0 Å². The summed E-state index contributed by atoms with van der Waals surface area (Å²) in [4.78, 5) is 20.4. The van der Waals surface area contributed by atoms with E-state index in [-0.39, 0.29) is 19.8 Å². The quantitative estimate of drug-likeness (QED) is 0.380. The maximum atomic E-state index is 10.2. The Kier molecular flexibility index (Phi) is 11.7. The zero-order chi connectivity index (χ0) is 15.3. The number of rotatable bonds is 4. The molecular weight excluding hydrogens is 346 g/mol. The van der Waals surface area contributed by atoms with Gasteiger partial charge in [0.2, 0.25) is 0 Å². The maximum absolute atomic E-state index is 10.2. The molecule has 19 heavy (non-hydrogen) atoms. The normalized spacial score (nSPS) is 14.3. The molecule has 0 saturated heterocycles. The summed E-state index contributed by atoms with van der Waals surface area (Å²) in [6, 6.07) is -2.18. The van der Waals surface area contributed by atoms with Crippen LogP contribution < -0.4 is 0 Å². The molecule has 6 N–H and O–H groups in total. The SMILES string of the molecule is CC(C)([S-])C([NH-])C(=O)[OH2+].CC(C)([S-])C([NH-])C(=O)[OH2+].[Ga+3]. The molecule has 0 fully saturated rings. The first-order valence-electron chi connectivity index (χ1n) is 5.05. The van der Waals surface area contributed by atoms with E-state index in [1.54, 1.807) is 27.7 Å². The fraction of sp³-hybridized carbons (Fsp3) is 0.800. The molecule has 0 rings (SSSR count). The summed E-state index contributed by atoms with van der Waals surface area (Å²) in [7, 11) is 0. The van der Waals surface area contributed by atoms with Gasteiger partial charge in [0.05, 0.1) is 0 Å². The van der Waals surface area contributed by atoms with Gasteiger partial charge in [-0.3, -0.25) is 0 Å². The number of carbonyl (C=O) groups excluding carboxylic acids is 2. The van der Waals surface area contributed by atoms with Gasteiger partial charge in [-0.2, -0.15) is 9.49 Å². The van der Waals surface area contributed by atoms with E-state index in [9.17, 15) is 9.59 Å². The Morgan fingerprint density at radius 2 is 1.05 bits per heavy atom. The van der Waals surface area contributed by atoms with E-state index in [4.69, 9.17) is 46.9 Å². The molecule has 2 unspecified atom stereocenters. The molecule has 0 aromatic carbocycles. The average molecular weight is 366 g/mol. The van der Waals surface area contributed by atoms with Crippen molar-refractivity contribution >= 4 is 57.0 Å². The molecule has 0 aromatic rings. The van der Waals surface area contributed by atoms with E-state index >= 15 is 0 Å². The largest absolute Gasteiger partial charge is 3.00 e. The van der Waals surface area contributed by atoms with Crippen molar-refractivity contribution in [1.29, 1.82) is 0 Å². The first kappa shape index (κ1) is 24.2. The van der Waals surface area contributed by atoms with Crippen molar-refractivity contribution in [2.24, 2.45) is 0 Å². The molecule has 0 radical (unpaired) electrons. The van der Waals surface area contributed by atoms with E-state index in [2.05, 4.69) is 0 Å². The smallest absolute Gasteiger partial charge is 0.787 e. The first-order chi connectivity index (χ1) is 7.71. The molecule has 0 bridgehead atoms. The van der Waals surface area contributed by atoms with Crippen LogP contribution in [-0.4, -0.2) is 63.5 Å². The number of nitrogens with one attached hydrogen (secondary N) is 2. The zero-order valence-corrected chi connectivity index (χ0v) is 15.4. The van der Waals surface area contributed by atoms with Crippen LogP contribution in [0.1, 0.15) is 27.7 Å². The van der Waals surface area contributed by atoms with Gasteiger partial charge in [-0.1, -0.05) is 27.7 Å². The van der Waals surface area contributed by atoms with Crippen molar-refractivity contribution in [3.8, 4) is 0 Å². The Balaban J connectivity index is -0.000000256. The molecule has 0 aliphatic carbocycles. The third-order valence-corrected chi connectivity index (χ3v) is 2.39. The van der Waals surface area contributed by atoms with Crippen molar-refractivity contribution in [2.75, 3.05) is 0 Å². The summed E-state index contributed by atoms with van der Waals surface area (Å²) >= 11 is 9.51. The Bertz CT molecular complexity index is 273. The van der Waals surface area contributed by atoms with Gasteiger partial charge in [-0.15, -0.1) is 0 Å². The fourth-order valence-electron chi connectivity index (χ4n) is 0.631. The second kappa shape index (κ2) is 9.19. The van der Waals surface area contributed by atoms with E-state index in [0.29, 0.717) is 0 Å². The number of hydrogen-bond acceptors (Lipinski definition) is 4. The Hall–Kier alpha value is 0.196. The number of carbonyl (C=O) groups is 2. The molecule has 2 atom stereocenters. The molecular formula is C10H20GaN2O4S2+. The van der Waals surface area contributed by atoms with Gasteiger partial charge in [0.15, 0.2) is 0 Å². The van der Waals surface area contributed by atoms with E-state index < -0.39 is 33.5 Å². The minimum absolute atomic E-state index is 0. The summed E-state index contributed by atoms with van der Waals surface area (Å²) in [5.41, 5.74) is 14.1. The van der Waals surface area contributed by atoms with Crippen molar-refractivity contribution in [2.45, 2.75) is 49.3 Å². The summed E-state index contributed by atoms with van der Waals surface area (Å²) < 4.78 is -1.61. The van der Waals surface area contributed by atoms with Crippen molar-refractivity contribution in [1.82, 2.24) is 0 Å². The molecule has 9 heteroatoms. The van der Waals surface area contributed by atoms with Crippen LogP contribution in [-0.2, 0) is 34.8 Å². The van der Waals surface area contributed by atoms with Gasteiger partial charge in [0.1, 0.15) is 0 Å². The monoisotopic (exact) mass is 365 g/mol. The predicted molar refractivity (Wildman–Crippen MR) is 82.1 cm³/mol. The van der Waals surface area contributed by atoms with Crippen molar-refractivity contribution in [3.05, 3.63) is 11.5 Å². The maximum Gasteiger partial charge on any atom is 3.00 e. The van der Waals surface area contributed by atoms with Crippen LogP contribution in [0.4, 0.5) is 0 Å². The zero-order valence-electron chi connectivity index (χ0n) is 11.4. The van der Waals surface area contributed by atoms with Crippen LogP contribution >= 0.6 is 0 Å². The minimum Gasteiger partial charge on any atom is -0.787 e. The van der Waals surface area contributed by atoms with Crippen LogP contribution in [0.15, 0.2) is 0 Å². The summed E-state index contributed by atoms with van der Waals surface area (Å²) in [5, 5.41) is 13.1. The molecule has 0 aliphatic heterocycles. The minimum atomic E-state index is -1.09. The Morgan fingerprint density at radius 1 is 0.895 bits per heavy atom. The van der Waals surface area contributed by atoms with Crippen LogP contribution in [0.25, 0.3) is 11.5 Å². The molecule has 0 amide bonds. The third kappa shape index (κ3) is 11.7. The van der Waals surface area contributed by atoms with E-state index in [1.165, 1.54) is 0 Å². The van der Waals surface area contributed by atoms with Crippen molar-refractivity contribution in [3.63, 3.8) is 0 Å². The van der Waals surface area contributed by atoms with Crippen LogP contribution in [0, 0.1) is 0 Å². The summed E-state index contributed by atoms with van der Waals surface area (Å²) in [6.45, 7) is 6.36. The summed E-state index contributed by atoms with van der Waals surface area (Å²) in [6.07, 6.45) is 0. The van der Waals surface area contributed by atoms with Crippen LogP contribution in [0.2, 0.25) is 0 Å². The molecule has 0 heterocycles. The third-order valence-electron chi connectivity index (χ3n) is 1.91. The van der Waals surface area contributed by atoms with Crippen LogP contribution in [0.3, 0.4) is 0 Å². The number of hydrogen-bond donors (Lipinski definition) is 0. The van der Waals surface area contributed by atoms with Gasteiger partial charge in [0.25, 0.3) is 0 Å². The van der Waals surface area contributed by atoms with Gasteiger partial charge < -0.3 is 46.9 Å². The second-order valence-corrected chi connectivity index (χ2v) is 6.91. The van der Waals surface area contributed by atoms with E-state index in [1.807, 2.05) is 0 Å². The Morgan fingerprint density at radius 3 is 1.05 bits per heavy atom. The second-order valence-electron chi connectivity index (χ2n) is 4.80. The molecule has 0 aliphatic rings. The standard InChI is InChI=1S/2C5H10NO2S.Ga/c2*1-5(2,9)3(6)4(7)8;/h2*3,6,9H,1-2H3,(H,7,8);/q2*-1;+3. The molecule has 108 valence electrons. The molecule has 0 spiro atoms.